The number of aryl methyl sites for hydroxylation is 1. The van der Waals surface area contributed by atoms with Crippen molar-refractivity contribution in [3.05, 3.63) is 41.5 Å². The van der Waals surface area contributed by atoms with Gasteiger partial charge in [-0.3, -0.25) is 9.48 Å². The summed E-state index contributed by atoms with van der Waals surface area (Å²) in [6, 6.07) is 4.44. The smallest absolute Gasteiger partial charge is 0.159 e. The Hall–Kier alpha value is -1.97. The Labute approximate surface area is 112 Å². The van der Waals surface area contributed by atoms with Gasteiger partial charge in [0.1, 0.15) is 5.82 Å². The number of nitrogens with zero attached hydrogens (tertiary/aromatic N) is 2. The van der Waals surface area contributed by atoms with Crippen LogP contribution >= 0.6 is 0 Å². The summed E-state index contributed by atoms with van der Waals surface area (Å²) in [6.45, 7) is 5.50. The summed E-state index contributed by atoms with van der Waals surface area (Å²) >= 11 is 0. The molecule has 19 heavy (non-hydrogen) atoms. The molecular formula is C15H17FN2O. The molecule has 2 rings (SSSR count). The molecule has 0 saturated carbocycles. The second-order valence-electron chi connectivity index (χ2n) is 5.01. The fraction of sp³-hybridized carbons (Fsp3) is 0.333. The van der Waals surface area contributed by atoms with Gasteiger partial charge >= 0.3 is 0 Å². The molecule has 2 aromatic rings. The number of ketones is 1. The van der Waals surface area contributed by atoms with Crippen LogP contribution in [0.25, 0.3) is 11.1 Å². The summed E-state index contributed by atoms with van der Waals surface area (Å²) in [5, 5.41) is 4.37. The number of aromatic nitrogens is 2. The lowest BCUT2D eigenvalue weighted by atomic mass is 9.97. The van der Waals surface area contributed by atoms with Gasteiger partial charge in [0.15, 0.2) is 5.78 Å². The standard InChI is InChI=1S/C15H17FN2O/c1-9(2)15-13(8-18(4)17-15)12-7-11(10(3)19)5-6-14(12)16/h5-9H,1-4H3. The molecule has 3 nitrogen and oxygen atoms in total. The van der Waals surface area contributed by atoms with E-state index in [1.165, 1.54) is 19.1 Å². The van der Waals surface area contributed by atoms with Gasteiger partial charge in [0.05, 0.1) is 5.69 Å². The zero-order valence-corrected chi connectivity index (χ0v) is 11.6. The van der Waals surface area contributed by atoms with Crippen molar-refractivity contribution in [2.45, 2.75) is 26.7 Å². The number of carbonyl (C=O) groups is 1. The van der Waals surface area contributed by atoms with Gasteiger partial charge in [0.2, 0.25) is 0 Å². The number of hydrogen-bond donors (Lipinski definition) is 0. The number of rotatable bonds is 3. The van der Waals surface area contributed by atoms with Crippen molar-refractivity contribution in [1.29, 1.82) is 0 Å². The zero-order valence-electron chi connectivity index (χ0n) is 11.6. The van der Waals surface area contributed by atoms with E-state index in [2.05, 4.69) is 5.10 Å². The molecule has 0 amide bonds. The van der Waals surface area contributed by atoms with Crippen LogP contribution in [0.5, 0.6) is 0 Å². The maximum Gasteiger partial charge on any atom is 0.159 e. The van der Waals surface area contributed by atoms with Crippen LogP contribution in [0.4, 0.5) is 4.39 Å². The molecule has 0 radical (unpaired) electrons. The Kier molecular flexibility index (Phi) is 3.51. The Morgan fingerprint density at radius 2 is 2.00 bits per heavy atom. The predicted molar refractivity (Wildman–Crippen MR) is 72.7 cm³/mol. The topological polar surface area (TPSA) is 34.9 Å². The molecule has 0 aliphatic heterocycles. The third kappa shape index (κ3) is 2.57. The number of benzene rings is 1. The highest BCUT2D eigenvalue weighted by atomic mass is 19.1. The first-order valence-corrected chi connectivity index (χ1v) is 6.24. The molecule has 0 bridgehead atoms. The van der Waals surface area contributed by atoms with E-state index in [1.807, 2.05) is 20.9 Å². The SMILES string of the molecule is CC(=O)c1ccc(F)c(-c2cn(C)nc2C(C)C)c1. The third-order valence-electron chi connectivity index (χ3n) is 3.07. The molecule has 0 fully saturated rings. The van der Waals surface area contributed by atoms with Gasteiger partial charge in [-0.25, -0.2) is 4.39 Å². The molecule has 1 aromatic carbocycles. The maximum atomic E-state index is 14.0. The number of carbonyl (C=O) groups excluding carboxylic acids is 1. The largest absolute Gasteiger partial charge is 0.295 e. The van der Waals surface area contributed by atoms with Gasteiger partial charge < -0.3 is 0 Å². The lowest BCUT2D eigenvalue weighted by Gasteiger charge is -2.07. The van der Waals surface area contributed by atoms with Crippen molar-refractivity contribution in [2.24, 2.45) is 7.05 Å². The monoisotopic (exact) mass is 260 g/mol. The van der Waals surface area contributed by atoms with Crippen LogP contribution in [0.3, 0.4) is 0 Å². The quantitative estimate of drug-likeness (QED) is 0.791. The second-order valence-corrected chi connectivity index (χ2v) is 5.01. The molecule has 0 aliphatic rings. The first-order chi connectivity index (χ1) is 8.90. The van der Waals surface area contributed by atoms with Crippen molar-refractivity contribution in [1.82, 2.24) is 9.78 Å². The molecule has 0 aliphatic carbocycles. The molecular weight excluding hydrogens is 243 g/mol. The highest BCUT2D eigenvalue weighted by Gasteiger charge is 2.17. The zero-order chi connectivity index (χ0) is 14.2. The lowest BCUT2D eigenvalue weighted by Crippen LogP contribution is -1.97. The van der Waals surface area contributed by atoms with E-state index in [4.69, 9.17) is 0 Å². The van der Waals surface area contributed by atoms with Gasteiger partial charge in [-0.05, 0) is 31.0 Å². The van der Waals surface area contributed by atoms with Crippen molar-refractivity contribution in [3.63, 3.8) is 0 Å². The van der Waals surface area contributed by atoms with Gasteiger partial charge in [-0.15, -0.1) is 0 Å². The van der Waals surface area contributed by atoms with Crippen LogP contribution in [0, 0.1) is 5.82 Å². The minimum absolute atomic E-state index is 0.0729. The molecule has 1 heterocycles. The van der Waals surface area contributed by atoms with E-state index in [1.54, 1.807) is 16.9 Å². The summed E-state index contributed by atoms with van der Waals surface area (Å²) < 4.78 is 15.7. The van der Waals surface area contributed by atoms with Crippen LogP contribution in [0.2, 0.25) is 0 Å². The highest BCUT2D eigenvalue weighted by Crippen LogP contribution is 2.30. The minimum atomic E-state index is -0.333. The Bertz CT molecular complexity index is 629. The average Bonchev–Trinajstić information content (AvgIpc) is 2.71. The molecule has 4 heteroatoms. The Morgan fingerprint density at radius 1 is 1.32 bits per heavy atom. The van der Waals surface area contributed by atoms with Crippen LogP contribution in [-0.2, 0) is 7.05 Å². The molecule has 100 valence electrons. The third-order valence-corrected chi connectivity index (χ3v) is 3.07. The summed E-state index contributed by atoms with van der Waals surface area (Å²) in [5.74, 6) is -0.215. The van der Waals surface area contributed by atoms with E-state index in [0.29, 0.717) is 11.1 Å². The molecule has 0 N–H and O–H groups in total. The molecule has 0 atom stereocenters. The molecule has 0 saturated heterocycles. The van der Waals surface area contributed by atoms with E-state index in [9.17, 15) is 9.18 Å². The maximum absolute atomic E-state index is 14.0. The number of hydrogen-bond acceptors (Lipinski definition) is 2. The average molecular weight is 260 g/mol. The Morgan fingerprint density at radius 3 is 2.58 bits per heavy atom. The molecule has 1 aromatic heterocycles. The lowest BCUT2D eigenvalue weighted by molar-refractivity contribution is 0.101. The molecule has 0 unspecified atom stereocenters. The number of halogens is 1. The summed E-state index contributed by atoms with van der Waals surface area (Å²) in [5.41, 5.74) is 2.53. The van der Waals surface area contributed by atoms with Crippen molar-refractivity contribution < 1.29 is 9.18 Å². The van der Waals surface area contributed by atoms with Gasteiger partial charge in [0, 0.05) is 29.9 Å². The predicted octanol–water partition coefficient (Wildman–Crippen LogP) is 3.55. The van der Waals surface area contributed by atoms with E-state index < -0.39 is 0 Å². The second kappa shape index (κ2) is 4.96. The van der Waals surface area contributed by atoms with E-state index >= 15 is 0 Å². The van der Waals surface area contributed by atoms with Crippen LogP contribution in [-0.4, -0.2) is 15.6 Å². The fourth-order valence-corrected chi connectivity index (χ4v) is 2.09. The summed E-state index contributed by atoms with van der Waals surface area (Å²) in [7, 11) is 1.81. The highest BCUT2D eigenvalue weighted by molar-refractivity contribution is 5.95. The summed E-state index contributed by atoms with van der Waals surface area (Å²) in [6.07, 6.45) is 1.79. The summed E-state index contributed by atoms with van der Waals surface area (Å²) in [4.78, 5) is 11.4. The van der Waals surface area contributed by atoms with Crippen molar-refractivity contribution in [3.8, 4) is 11.1 Å². The van der Waals surface area contributed by atoms with Gasteiger partial charge in [-0.1, -0.05) is 13.8 Å². The first-order valence-electron chi connectivity index (χ1n) is 6.24. The van der Waals surface area contributed by atoms with Crippen LogP contribution < -0.4 is 0 Å². The van der Waals surface area contributed by atoms with Gasteiger partial charge in [-0.2, -0.15) is 5.10 Å². The normalized spacial score (nSPS) is 11.1. The van der Waals surface area contributed by atoms with Gasteiger partial charge in [0.25, 0.3) is 0 Å². The van der Waals surface area contributed by atoms with E-state index in [0.717, 1.165) is 11.3 Å². The molecule has 0 spiro atoms. The van der Waals surface area contributed by atoms with Crippen molar-refractivity contribution in [2.75, 3.05) is 0 Å². The first kappa shape index (κ1) is 13.5. The number of Topliss-reactive ketones (excluding diaryl/α,β-unsaturated/α-hetero) is 1. The van der Waals surface area contributed by atoms with E-state index in [-0.39, 0.29) is 17.5 Å². The minimum Gasteiger partial charge on any atom is -0.295 e. The fourth-order valence-electron chi connectivity index (χ4n) is 2.09. The van der Waals surface area contributed by atoms with Crippen LogP contribution in [0.15, 0.2) is 24.4 Å². The van der Waals surface area contributed by atoms with Crippen molar-refractivity contribution >= 4 is 5.78 Å². The Balaban J connectivity index is 2.64. The van der Waals surface area contributed by atoms with Crippen LogP contribution in [0.1, 0.15) is 42.7 Å².